The molecule has 0 radical (unpaired) electrons. The molecule has 3 aliphatic rings. The van der Waals surface area contributed by atoms with Crippen molar-refractivity contribution in [1.82, 2.24) is 0 Å². The van der Waals surface area contributed by atoms with Crippen LogP contribution in [0.15, 0.2) is 11.9 Å². The minimum absolute atomic E-state index is 0.101. The lowest BCUT2D eigenvalue weighted by molar-refractivity contribution is -0.158. The largest absolute Gasteiger partial charge is 0.455 e. The van der Waals surface area contributed by atoms with E-state index in [-0.39, 0.29) is 17.2 Å². The predicted molar refractivity (Wildman–Crippen MR) is 50.3 cm³/mol. The molecule has 0 amide bonds. The van der Waals surface area contributed by atoms with Crippen molar-refractivity contribution >= 4 is 5.97 Å². The van der Waals surface area contributed by atoms with Crippen LogP contribution < -0.4 is 0 Å². The fourth-order valence-electron chi connectivity index (χ4n) is 2.43. The first kappa shape index (κ1) is 9.69. The zero-order chi connectivity index (χ0) is 10.4. The summed E-state index contributed by atoms with van der Waals surface area (Å²) in [6, 6.07) is 0. The number of ether oxygens (including phenoxy) is 1. The van der Waals surface area contributed by atoms with Crippen LogP contribution in [-0.2, 0) is 9.53 Å². The van der Waals surface area contributed by atoms with Crippen LogP contribution in [0, 0.1) is 5.41 Å². The van der Waals surface area contributed by atoms with Crippen LogP contribution in [0.1, 0.15) is 39.5 Å². The van der Waals surface area contributed by atoms with Gasteiger partial charge in [-0.05, 0) is 31.8 Å². The number of allylic oxidation sites excluding steroid dienone is 1. The van der Waals surface area contributed by atoms with Gasteiger partial charge in [-0.1, -0.05) is 6.92 Å². The molecule has 2 bridgehead atoms. The lowest BCUT2D eigenvalue weighted by Gasteiger charge is -2.47. The molecule has 3 aliphatic carbocycles. The number of esters is 1. The van der Waals surface area contributed by atoms with Crippen LogP contribution >= 0.6 is 0 Å². The number of halogens is 1. The number of hydrogen-bond donors (Lipinski definition) is 0. The van der Waals surface area contributed by atoms with E-state index in [0.29, 0.717) is 0 Å². The van der Waals surface area contributed by atoms with E-state index in [1.165, 1.54) is 13.0 Å². The number of hydrogen-bond acceptors (Lipinski definition) is 2. The fourth-order valence-corrected chi connectivity index (χ4v) is 2.43. The Bertz CT molecular complexity index is 298. The van der Waals surface area contributed by atoms with Gasteiger partial charge in [-0.2, -0.15) is 0 Å². The second-order valence-electron chi connectivity index (χ2n) is 4.71. The monoisotopic (exact) mass is 198 g/mol. The van der Waals surface area contributed by atoms with Crippen molar-refractivity contribution in [3.63, 3.8) is 0 Å². The molecule has 0 aromatic carbocycles. The van der Waals surface area contributed by atoms with Crippen LogP contribution in [-0.4, -0.2) is 11.6 Å². The number of rotatable bonds is 1. The second-order valence-corrected chi connectivity index (χ2v) is 4.71. The molecule has 0 atom stereocenters. The van der Waals surface area contributed by atoms with Gasteiger partial charge in [0, 0.05) is 12.3 Å². The van der Waals surface area contributed by atoms with Crippen LogP contribution in [0.4, 0.5) is 4.39 Å². The predicted octanol–water partition coefficient (Wildman–Crippen LogP) is 2.74. The minimum Gasteiger partial charge on any atom is -0.455 e. The summed E-state index contributed by atoms with van der Waals surface area (Å²) in [5, 5.41) is 0. The molecule has 0 aromatic heterocycles. The van der Waals surface area contributed by atoms with Crippen molar-refractivity contribution in [2.75, 3.05) is 0 Å². The summed E-state index contributed by atoms with van der Waals surface area (Å²) in [6.45, 7) is 3.32. The van der Waals surface area contributed by atoms with Gasteiger partial charge >= 0.3 is 5.97 Å². The molecule has 0 aliphatic heterocycles. The third kappa shape index (κ3) is 1.35. The molecule has 1 fully saturated rings. The Labute approximate surface area is 83.1 Å². The molecule has 0 saturated heterocycles. The number of carbonyl (C=O) groups is 1. The Kier molecular flexibility index (Phi) is 1.95. The summed E-state index contributed by atoms with van der Waals surface area (Å²) < 4.78 is 18.9. The molecule has 14 heavy (non-hydrogen) atoms. The molecule has 0 spiro atoms. The quantitative estimate of drug-likeness (QED) is 0.605. The van der Waals surface area contributed by atoms with Gasteiger partial charge in [-0.15, -0.1) is 0 Å². The molecule has 78 valence electrons. The topological polar surface area (TPSA) is 26.3 Å². The average molecular weight is 198 g/mol. The third-order valence-corrected chi connectivity index (χ3v) is 3.51. The average Bonchev–Trinajstić information content (AvgIpc) is 2.07. The lowest BCUT2D eigenvalue weighted by atomic mass is 9.63. The highest BCUT2D eigenvalue weighted by Gasteiger charge is 2.49. The maximum atomic E-state index is 13.6. The first-order chi connectivity index (χ1) is 6.46. The maximum Gasteiger partial charge on any atom is 0.303 e. The molecule has 0 heterocycles. The number of fused-ring (bicyclic) bond motifs is 2. The highest BCUT2D eigenvalue weighted by molar-refractivity contribution is 5.67. The van der Waals surface area contributed by atoms with Crippen molar-refractivity contribution in [3.8, 4) is 0 Å². The van der Waals surface area contributed by atoms with Gasteiger partial charge in [0.15, 0.2) is 0 Å². The van der Waals surface area contributed by atoms with Gasteiger partial charge in [0.05, 0.1) is 0 Å². The summed E-state index contributed by atoms with van der Waals surface area (Å²) in [5.74, 6) is -0.421. The van der Waals surface area contributed by atoms with E-state index >= 15 is 0 Å². The van der Waals surface area contributed by atoms with E-state index in [1.54, 1.807) is 0 Å². The van der Waals surface area contributed by atoms with Crippen LogP contribution in [0.2, 0.25) is 0 Å². The smallest absolute Gasteiger partial charge is 0.303 e. The molecule has 3 rings (SSSR count). The van der Waals surface area contributed by atoms with E-state index < -0.39 is 5.60 Å². The van der Waals surface area contributed by atoms with E-state index in [4.69, 9.17) is 4.74 Å². The molecule has 0 aromatic rings. The first-order valence-corrected chi connectivity index (χ1v) is 5.04. The van der Waals surface area contributed by atoms with Gasteiger partial charge in [0.1, 0.15) is 11.4 Å². The summed E-state index contributed by atoms with van der Waals surface area (Å²) >= 11 is 0. The Balaban J connectivity index is 2.28. The molecular formula is C11H15FO2. The number of carbonyl (C=O) groups excluding carboxylic acids is 1. The molecular weight excluding hydrogens is 183 g/mol. The second kappa shape index (κ2) is 2.81. The highest BCUT2D eigenvalue weighted by Crippen LogP contribution is 2.53. The summed E-state index contributed by atoms with van der Waals surface area (Å²) in [5.41, 5.74) is -0.921. The summed E-state index contributed by atoms with van der Waals surface area (Å²) in [7, 11) is 0. The maximum absolute atomic E-state index is 13.6. The summed E-state index contributed by atoms with van der Waals surface area (Å²) in [6.07, 6.45) is 4.60. The zero-order valence-corrected chi connectivity index (χ0v) is 8.60. The van der Waals surface area contributed by atoms with Crippen molar-refractivity contribution in [1.29, 1.82) is 0 Å². The van der Waals surface area contributed by atoms with Gasteiger partial charge in [-0.25, -0.2) is 4.39 Å². The van der Waals surface area contributed by atoms with E-state index in [2.05, 4.69) is 0 Å². The Hall–Kier alpha value is -0.860. The van der Waals surface area contributed by atoms with Crippen LogP contribution in [0.3, 0.4) is 0 Å². The van der Waals surface area contributed by atoms with Gasteiger partial charge in [0.25, 0.3) is 0 Å². The van der Waals surface area contributed by atoms with E-state index in [9.17, 15) is 9.18 Å². The van der Waals surface area contributed by atoms with E-state index in [1.807, 2.05) is 6.92 Å². The molecule has 2 nitrogen and oxygen atoms in total. The zero-order valence-electron chi connectivity index (χ0n) is 8.60. The van der Waals surface area contributed by atoms with Crippen LogP contribution in [0.25, 0.3) is 0 Å². The SMILES string of the molecule is CC(=O)OC12C=C(F)C(C)(CC1)CC2. The Morgan fingerprint density at radius 3 is 2.43 bits per heavy atom. The standard InChI is InChI=1S/C11H15FO2/c1-8(13)14-11-5-3-10(2,4-6-11)9(12)7-11/h7H,3-6H2,1-2H3. The Morgan fingerprint density at radius 1 is 1.43 bits per heavy atom. The fraction of sp³-hybridized carbons (Fsp3) is 0.727. The molecule has 1 saturated carbocycles. The van der Waals surface area contributed by atoms with E-state index in [0.717, 1.165) is 25.7 Å². The van der Waals surface area contributed by atoms with Gasteiger partial charge in [-0.3, -0.25) is 4.79 Å². The third-order valence-electron chi connectivity index (χ3n) is 3.51. The van der Waals surface area contributed by atoms with Crippen molar-refractivity contribution in [2.45, 2.75) is 45.1 Å². The molecule has 3 heteroatoms. The minimum atomic E-state index is -0.631. The van der Waals surface area contributed by atoms with Crippen LogP contribution in [0.5, 0.6) is 0 Å². The molecule has 0 unspecified atom stereocenters. The first-order valence-electron chi connectivity index (χ1n) is 5.04. The normalized spacial score (nSPS) is 40.6. The highest BCUT2D eigenvalue weighted by atomic mass is 19.1. The van der Waals surface area contributed by atoms with Gasteiger partial charge < -0.3 is 4.74 Å². The van der Waals surface area contributed by atoms with Crippen molar-refractivity contribution < 1.29 is 13.9 Å². The van der Waals surface area contributed by atoms with Crippen molar-refractivity contribution in [3.05, 3.63) is 11.9 Å². The summed E-state index contributed by atoms with van der Waals surface area (Å²) in [4.78, 5) is 10.9. The van der Waals surface area contributed by atoms with Crippen molar-refractivity contribution in [2.24, 2.45) is 5.41 Å². The molecule has 0 N–H and O–H groups in total. The van der Waals surface area contributed by atoms with Gasteiger partial charge in [0.2, 0.25) is 0 Å². The Morgan fingerprint density at radius 2 is 2.00 bits per heavy atom. The lowest BCUT2D eigenvalue weighted by Crippen LogP contribution is -2.45.